The summed E-state index contributed by atoms with van der Waals surface area (Å²) in [5.41, 5.74) is 0. The predicted octanol–water partition coefficient (Wildman–Crippen LogP) is 5.40. The van der Waals surface area contributed by atoms with Gasteiger partial charge in [-0.1, -0.05) is 50.3 Å². The van der Waals surface area contributed by atoms with Crippen molar-refractivity contribution in [3.63, 3.8) is 0 Å². The standard InChI is InChI=1S/C17H25ClOS/c1-2-4-13-7-9-14(10-8-13)17(19)12-20-16-6-3-5-15(18)11-16/h3,5-6,11,13-14,17,19H,2,4,7-10,12H2,1H3. The summed E-state index contributed by atoms with van der Waals surface area (Å²) in [4.78, 5) is 1.15. The molecule has 1 aromatic rings. The van der Waals surface area contributed by atoms with Gasteiger partial charge in [0.25, 0.3) is 0 Å². The number of thioether (sulfide) groups is 1. The first-order valence-electron chi connectivity index (χ1n) is 7.75. The largest absolute Gasteiger partial charge is 0.392 e. The Bertz CT molecular complexity index is 402. The number of hydrogen-bond donors (Lipinski definition) is 1. The van der Waals surface area contributed by atoms with Gasteiger partial charge in [-0.2, -0.15) is 0 Å². The molecule has 0 spiro atoms. The maximum atomic E-state index is 10.4. The Balaban J connectivity index is 1.74. The molecule has 2 rings (SSSR count). The molecule has 1 nitrogen and oxygen atoms in total. The number of hydrogen-bond acceptors (Lipinski definition) is 2. The average Bonchev–Trinajstić information content (AvgIpc) is 2.46. The molecule has 1 fully saturated rings. The quantitative estimate of drug-likeness (QED) is 0.710. The second kappa shape index (κ2) is 8.31. The van der Waals surface area contributed by atoms with Crippen molar-refractivity contribution in [3.8, 4) is 0 Å². The molecule has 0 radical (unpaired) electrons. The van der Waals surface area contributed by atoms with E-state index in [9.17, 15) is 5.11 Å². The highest BCUT2D eigenvalue weighted by molar-refractivity contribution is 7.99. The molecule has 112 valence electrons. The van der Waals surface area contributed by atoms with Crippen LogP contribution in [0.4, 0.5) is 0 Å². The summed E-state index contributed by atoms with van der Waals surface area (Å²) in [6, 6.07) is 7.88. The molecule has 1 unspecified atom stereocenters. The first-order chi connectivity index (χ1) is 9.69. The van der Waals surface area contributed by atoms with Crippen molar-refractivity contribution in [2.24, 2.45) is 11.8 Å². The van der Waals surface area contributed by atoms with E-state index in [1.807, 2.05) is 18.2 Å². The van der Waals surface area contributed by atoms with Crippen LogP contribution in [-0.2, 0) is 0 Å². The van der Waals surface area contributed by atoms with Crippen LogP contribution in [0.3, 0.4) is 0 Å². The molecule has 0 amide bonds. The zero-order chi connectivity index (χ0) is 14.4. The highest BCUT2D eigenvalue weighted by Crippen LogP contribution is 2.34. The third kappa shape index (κ3) is 4.98. The molecule has 0 aromatic heterocycles. The van der Waals surface area contributed by atoms with E-state index in [1.54, 1.807) is 11.8 Å². The molecule has 0 heterocycles. The molecule has 1 atom stereocenters. The van der Waals surface area contributed by atoms with Crippen LogP contribution < -0.4 is 0 Å². The van der Waals surface area contributed by atoms with E-state index in [4.69, 9.17) is 11.6 Å². The smallest absolute Gasteiger partial charge is 0.0662 e. The van der Waals surface area contributed by atoms with Crippen LogP contribution in [0, 0.1) is 11.8 Å². The molecule has 1 aliphatic carbocycles. The minimum Gasteiger partial charge on any atom is -0.392 e. The Kier molecular flexibility index (Phi) is 6.73. The Morgan fingerprint density at radius 3 is 2.70 bits per heavy atom. The van der Waals surface area contributed by atoms with Crippen molar-refractivity contribution in [3.05, 3.63) is 29.3 Å². The van der Waals surface area contributed by atoms with Gasteiger partial charge < -0.3 is 5.11 Å². The number of aliphatic hydroxyl groups excluding tert-OH is 1. The van der Waals surface area contributed by atoms with E-state index in [0.29, 0.717) is 5.92 Å². The average molecular weight is 313 g/mol. The molecule has 0 saturated heterocycles. The van der Waals surface area contributed by atoms with Gasteiger partial charge in [0.05, 0.1) is 6.10 Å². The lowest BCUT2D eigenvalue weighted by Gasteiger charge is -2.31. The van der Waals surface area contributed by atoms with Gasteiger partial charge in [-0.25, -0.2) is 0 Å². The monoisotopic (exact) mass is 312 g/mol. The lowest BCUT2D eigenvalue weighted by atomic mass is 9.78. The number of benzene rings is 1. The van der Waals surface area contributed by atoms with Gasteiger partial charge in [0.15, 0.2) is 0 Å². The molecular weight excluding hydrogens is 288 g/mol. The van der Waals surface area contributed by atoms with E-state index in [1.165, 1.54) is 38.5 Å². The minimum atomic E-state index is -0.179. The topological polar surface area (TPSA) is 20.2 Å². The van der Waals surface area contributed by atoms with Gasteiger partial charge in [-0.15, -0.1) is 11.8 Å². The molecule has 1 aliphatic rings. The summed E-state index contributed by atoms with van der Waals surface area (Å²) >= 11 is 7.69. The lowest BCUT2D eigenvalue weighted by molar-refractivity contribution is 0.0907. The number of rotatable bonds is 6. The number of halogens is 1. The van der Waals surface area contributed by atoms with Crippen molar-refractivity contribution in [2.75, 3.05) is 5.75 Å². The van der Waals surface area contributed by atoms with Gasteiger partial charge in [-0.05, 0) is 42.9 Å². The van der Waals surface area contributed by atoms with Crippen LogP contribution in [0.25, 0.3) is 0 Å². The van der Waals surface area contributed by atoms with Crippen LogP contribution in [0.2, 0.25) is 5.02 Å². The summed E-state index contributed by atoms with van der Waals surface area (Å²) < 4.78 is 0. The SMILES string of the molecule is CCCC1CCC(C(O)CSc2cccc(Cl)c2)CC1. The number of aliphatic hydroxyl groups is 1. The van der Waals surface area contributed by atoms with Crippen LogP contribution in [0.5, 0.6) is 0 Å². The fourth-order valence-corrected chi connectivity index (χ4v) is 4.42. The second-order valence-electron chi connectivity index (χ2n) is 5.91. The highest BCUT2D eigenvalue weighted by Gasteiger charge is 2.25. The zero-order valence-corrected chi connectivity index (χ0v) is 13.8. The molecule has 0 bridgehead atoms. The van der Waals surface area contributed by atoms with Crippen LogP contribution in [-0.4, -0.2) is 17.0 Å². The summed E-state index contributed by atoms with van der Waals surface area (Å²) in [6.45, 7) is 2.27. The second-order valence-corrected chi connectivity index (χ2v) is 7.44. The highest BCUT2D eigenvalue weighted by atomic mass is 35.5. The summed E-state index contributed by atoms with van der Waals surface area (Å²) in [5.74, 6) is 2.18. The lowest BCUT2D eigenvalue weighted by Crippen LogP contribution is -2.27. The summed E-state index contributed by atoms with van der Waals surface area (Å²) in [6.07, 6.45) is 7.47. The normalized spacial score (nSPS) is 24.6. The third-order valence-electron chi connectivity index (χ3n) is 4.35. The fraction of sp³-hybridized carbons (Fsp3) is 0.647. The van der Waals surface area contributed by atoms with Gasteiger partial charge in [-0.3, -0.25) is 0 Å². The van der Waals surface area contributed by atoms with Gasteiger partial charge >= 0.3 is 0 Å². The van der Waals surface area contributed by atoms with Crippen molar-refractivity contribution in [1.29, 1.82) is 0 Å². The Hall–Kier alpha value is -0.180. The van der Waals surface area contributed by atoms with Crippen molar-refractivity contribution in [2.45, 2.75) is 56.4 Å². The van der Waals surface area contributed by atoms with Gasteiger partial charge in [0.1, 0.15) is 0 Å². The fourth-order valence-electron chi connectivity index (χ4n) is 3.14. The molecule has 1 N–H and O–H groups in total. The molecule has 20 heavy (non-hydrogen) atoms. The van der Waals surface area contributed by atoms with Crippen molar-refractivity contribution >= 4 is 23.4 Å². The Morgan fingerprint density at radius 2 is 2.05 bits per heavy atom. The third-order valence-corrected chi connectivity index (χ3v) is 5.68. The van der Waals surface area contributed by atoms with E-state index in [-0.39, 0.29) is 6.10 Å². The van der Waals surface area contributed by atoms with Gasteiger partial charge in [0.2, 0.25) is 0 Å². The maximum absolute atomic E-state index is 10.4. The van der Waals surface area contributed by atoms with E-state index in [0.717, 1.165) is 21.6 Å². The van der Waals surface area contributed by atoms with E-state index >= 15 is 0 Å². The molecule has 1 aromatic carbocycles. The Morgan fingerprint density at radius 1 is 1.30 bits per heavy atom. The zero-order valence-electron chi connectivity index (χ0n) is 12.2. The summed E-state index contributed by atoms with van der Waals surface area (Å²) in [7, 11) is 0. The minimum absolute atomic E-state index is 0.179. The van der Waals surface area contributed by atoms with E-state index in [2.05, 4.69) is 13.0 Å². The van der Waals surface area contributed by atoms with Crippen LogP contribution >= 0.6 is 23.4 Å². The molecular formula is C17H25ClOS. The van der Waals surface area contributed by atoms with Crippen molar-refractivity contribution in [1.82, 2.24) is 0 Å². The predicted molar refractivity (Wildman–Crippen MR) is 88.5 cm³/mol. The molecule has 0 aliphatic heterocycles. The first kappa shape index (κ1) is 16.2. The molecule has 3 heteroatoms. The maximum Gasteiger partial charge on any atom is 0.0662 e. The van der Waals surface area contributed by atoms with E-state index < -0.39 is 0 Å². The van der Waals surface area contributed by atoms with Crippen molar-refractivity contribution < 1.29 is 5.11 Å². The van der Waals surface area contributed by atoms with Crippen LogP contribution in [0.15, 0.2) is 29.2 Å². The molecule has 1 saturated carbocycles. The first-order valence-corrected chi connectivity index (χ1v) is 9.11. The van der Waals surface area contributed by atoms with Crippen LogP contribution in [0.1, 0.15) is 45.4 Å². The van der Waals surface area contributed by atoms with Gasteiger partial charge in [0, 0.05) is 15.7 Å². The summed E-state index contributed by atoms with van der Waals surface area (Å²) in [5, 5.41) is 11.1. The Labute approximate surface area is 132 Å².